The molecule has 2 bridgehead atoms. The summed E-state index contributed by atoms with van der Waals surface area (Å²) in [6, 6.07) is 9.66. The topological polar surface area (TPSA) is 44.4 Å². The molecule has 3 fully saturated rings. The van der Waals surface area contributed by atoms with E-state index >= 15 is 0 Å². The number of fused-ring (bicyclic) bond motifs is 2. The molecule has 4 nitrogen and oxygen atoms in total. The number of hydrogen-bond donors (Lipinski definition) is 2. The van der Waals surface area contributed by atoms with Crippen LogP contribution in [0.1, 0.15) is 44.9 Å². The third-order valence-electron chi connectivity index (χ3n) is 5.46. The normalized spacial score (nSPS) is 30.7. The lowest BCUT2D eigenvalue weighted by molar-refractivity contribution is 0.0198. The standard InChI is InChI=1S/C18H24ClN3O/c19-16-6-1-2-7-17(16)21-18(23)20-12-10-14-4-3-5-15(11-12)22(14)13-8-9-13/h1-2,6-7,12-15H,3-5,8-11H2,(H2,20,21,23)/t12?,14-,15+. The third kappa shape index (κ3) is 3.33. The molecule has 1 unspecified atom stereocenters. The molecule has 1 aliphatic carbocycles. The van der Waals surface area contributed by atoms with Gasteiger partial charge in [0, 0.05) is 24.2 Å². The van der Waals surface area contributed by atoms with Gasteiger partial charge in [-0.15, -0.1) is 0 Å². The maximum atomic E-state index is 12.3. The summed E-state index contributed by atoms with van der Waals surface area (Å²) < 4.78 is 0. The highest BCUT2D eigenvalue weighted by molar-refractivity contribution is 6.33. The van der Waals surface area contributed by atoms with Crippen molar-refractivity contribution in [2.24, 2.45) is 0 Å². The Morgan fingerprint density at radius 3 is 2.39 bits per heavy atom. The van der Waals surface area contributed by atoms with Crippen LogP contribution < -0.4 is 10.6 Å². The zero-order chi connectivity index (χ0) is 15.8. The molecule has 1 aromatic rings. The highest BCUT2D eigenvalue weighted by Crippen LogP contribution is 2.41. The largest absolute Gasteiger partial charge is 0.335 e. The Hall–Kier alpha value is -1.26. The summed E-state index contributed by atoms with van der Waals surface area (Å²) >= 11 is 6.10. The first-order valence-corrected chi connectivity index (χ1v) is 9.18. The molecule has 3 aliphatic rings. The van der Waals surface area contributed by atoms with Crippen LogP contribution in [0.3, 0.4) is 0 Å². The van der Waals surface area contributed by atoms with Crippen LogP contribution >= 0.6 is 11.6 Å². The lowest BCUT2D eigenvalue weighted by Crippen LogP contribution is -2.58. The lowest BCUT2D eigenvalue weighted by atomic mass is 9.81. The second-order valence-corrected chi connectivity index (χ2v) is 7.57. The number of carbonyl (C=O) groups is 1. The van der Waals surface area contributed by atoms with Gasteiger partial charge in [0.25, 0.3) is 0 Å². The molecule has 2 amide bonds. The second kappa shape index (κ2) is 6.33. The van der Waals surface area contributed by atoms with E-state index in [0.717, 1.165) is 18.9 Å². The van der Waals surface area contributed by atoms with Gasteiger partial charge in [0.1, 0.15) is 0 Å². The Balaban J connectivity index is 1.36. The predicted molar refractivity (Wildman–Crippen MR) is 92.9 cm³/mol. The summed E-state index contributed by atoms with van der Waals surface area (Å²) in [6.45, 7) is 0. The number of rotatable bonds is 3. The SMILES string of the molecule is O=C(Nc1ccccc1Cl)NC1C[C@H]2CCC[C@@H](C1)N2C1CC1. The highest BCUT2D eigenvalue weighted by Gasteiger charge is 2.45. The lowest BCUT2D eigenvalue weighted by Gasteiger charge is -2.49. The van der Waals surface area contributed by atoms with Gasteiger partial charge in [-0.05, 0) is 50.7 Å². The van der Waals surface area contributed by atoms with Crippen LogP contribution in [-0.4, -0.2) is 35.1 Å². The third-order valence-corrected chi connectivity index (χ3v) is 5.79. The minimum absolute atomic E-state index is 0.138. The van der Waals surface area contributed by atoms with Crippen LogP contribution in [0, 0.1) is 0 Å². The van der Waals surface area contributed by atoms with Gasteiger partial charge in [0.15, 0.2) is 0 Å². The van der Waals surface area contributed by atoms with E-state index in [-0.39, 0.29) is 12.1 Å². The Morgan fingerprint density at radius 1 is 1.04 bits per heavy atom. The van der Waals surface area contributed by atoms with Gasteiger partial charge in [-0.25, -0.2) is 4.79 Å². The summed E-state index contributed by atoms with van der Waals surface area (Å²) in [7, 11) is 0. The molecule has 124 valence electrons. The minimum atomic E-state index is -0.138. The van der Waals surface area contributed by atoms with Gasteiger partial charge in [-0.1, -0.05) is 30.2 Å². The van der Waals surface area contributed by atoms with E-state index in [1.54, 1.807) is 6.07 Å². The van der Waals surface area contributed by atoms with Gasteiger partial charge in [-0.2, -0.15) is 0 Å². The molecule has 2 heterocycles. The number of nitrogens with zero attached hydrogens (tertiary/aromatic N) is 1. The molecule has 0 radical (unpaired) electrons. The van der Waals surface area contributed by atoms with Crippen LogP contribution in [0.15, 0.2) is 24.3 Å². The first-order chi connectivity index (χ1) is 11.2. The van der Waals surface area contributed by atoms with Crippen molar-refractivity contribution in [2.75, 3.05) is 5.32 Å². The Kier molecular flexibility index (Phi) is 4.20. The van der Waals surface area contributed by atoms with Crippen LogP contribution in [-0.2, 0) is 0 Å². The molecule has 1 aromatic carbocycles. The summed E-state index contributed by atoms with van der Waals surface area (Å²) in [5, 5.41) is 6.61. The Bertz CT molecular complexity index is 575. The van der Waals surface area contributed by atoms with E-state index in [2.05, 4.69) is 15.5 Å². The fraction of sp³-hybridized carbons (Fsp3) is 0.611. The van der Waals surface area contributed by atoms with Crippen LogP contribution in [0.2, 0.25) is 5.02 Å². The van der Waals surface area contributed by atoms with Crippen molar-refractivity contribution in [1.82, 2.24) is 10.2 Å². The molecule has 0 spiro atoms. The summed E-state index contributed by atoms with van der Waals surface area (Å²) in [4.78, 5) is 15.1. The number of hydrogen-bond acceptors (Lipinski definition) is 2. The molecule has 3 atom stereocenters. The Labute approximate surface area is 142 Å². The van der Waals surface area contributed by atoms with Gasteiger partial charge >= 0.3 is 6.03 Å². The molecular weight excluding hydrogens is 310 g/mol. The zero-order valence-electron chi connectivity index (χ0n) is 13.3. The number of benzene rings is 1. The van der Waals surface area contributed by atoms with Crippen molar-refractivity contribution in [2.45, 2.75) is 69.1 Å². The van der Waals surface area contributed by atoms with E-state index in [1.165, 1.54) is 32.1 Å². The van der Waals surface area contributed by atoms with Gasteiger partial charge < -0.3 is 10.6 Å². The maximum absolute atomic E-state index is 12.3. The minimum Gasteiger partial charge on any atom is -0.335 e. The monoisotopic (exact) mass is 333 g/mol. The number of anilines is 1. The van der Waals surface area contributed by atoms with Gasteiger partial charge in [-0.3, -0.25) is 4.90 Å². The molecule has 23 heavy (non-hydrogen) atoms. The molecule has 0 aromatic heterocycles. The molecule has 1 saturated carbocycles. The van der Waals surface area contributed by atoms with Crippen molar-refractivity contribution < 1.29 is 4.79 Å². The van der Waals surface area contributed by atoms with E-state index in [4.69, 9.17) is 11.6 Å². The predicted octanol–water partition coefficient (Wildman–Crippen LogP) is 4.01. The second-order valence-electron chi connectivity index (χ2n) is 7.16. The van der Waals surface area contributed by atoms with E-state index in [1.807, 2.05) is 18.2 Å². The van der Waals surface area contributed by atoms with E-state index < -0.39 is 0 Å². The zero-order valence-corrected chi connectivity index (χ0v) is 14.1. The number of urea groups is 1. The van der Waals surface area contributed by atoms with Gasteiger partial charge in [0.2, 0.25) is 0 Å². The average Bonchev–Trinajstić information content (AvgIpc) is 3.33. The fourth-order valence-corrected chi connectivity index (χ4v) is 4.59. The van der Waals surface area contributed by atoms with Crippen molar-refractivity contribution in [3.05, 3.63) is 29.3 Å². The number of para-hydroxylation sites is 1. The van der Waals surface area contributed by atoms with Crippen LogP contribution in [0.25, 0.3) is 0 Å². The summed E-state index contributed by atoms with van der Waals surface area (Å²) in [5.74, 6) is 0. The molecule has 2 saturated heterocycles. The molecule has 5 heteroatoms. The van der Waals surface area contributed by atoms with Crippen molar-refractivity contribution in [3.8, 4) is 0 Å². The molecular formula is C18H24ClN3O. The van der Waals surface area contributed by atoms with Crippen molar-refractivity contribution in [3.63, 3.8) is 0 Å². The quantitative estimate of drug-likeness (QED) is 0.877. The number of nitrogens with one attached hydrogen (secondary N) is 2. The number of piperidine rings is 2. The molecule has 2 aliphatic heterocycles. The van der Waals surface area contributed by atoms with Crippen LogP contribution in [0.4, 0.5) is 10.5 Å². The maximum Gasteiger partial charge on any atom is 0.319 e. The Morgan fingerprint density at radius 2 is 1.74 bits per heavy atom. The van der Waals surface area contributed by atoms with Crippen molar-refractivity contribution in [1.29, 1.82) is 0 Å². The summed E-state index contributed by atoms with van der Waals surface area (Å²) in [5.41, 5.74) is 0.669. The molecule has 4 rings (SSSR count). The van der Waals surface area contributed by atoms with Crippen LogP contribution in [0.5, 0.6) is 0 Å². The highest BCUT2D eigenvalue weighted by atomic mass is 35.5. The first kappa shape index (κ1) is 15.3. The number of amides is 2. The number of halogens is 1. The van der Waals surface area contributed by atoms with E-state index in [0.29, 0.717) is 22.8 Å². The first-order valence-electron chi connectivity index (χ1n) is 8.80. The summed E-state index contributed by atoms with van der Waals surface area (Å²) in [6.07, 6.45) is 8.84. The number of carbonyl (C=O) groups excluding carboxylic acids is 1. The fourth-order valence-electron chi connectivity index (χ4n) is 4.41. The smallest absolute Gasteiger partial charge is 0.319 e. The van der Waals surface area contributed by atoms with E-state index in [9.17, 15) is 4.79 Å². The van der Waals surface area contributed by atoms with Gasteiger partial charge in [0.05, 0.1) is 10.7 Å². The van der Waals surface area contributed by atoms with Crippen molar-refractivity contribution >= 4 is 23.3 Å². The molecule has 2 N–H and O–H groups in total. The average molecular weight is 334 g/mol.